The topological polar surface area (TPSA) is 80.3 Å². The number of carbonyl (C=O) groups excluding carboxylic acids is 2. The van der Waals surface area contributed by atoms with E-state index in [1.54, 1.807) is 60.1 Å². The van der Waals surface area contributed by atoms with Crippen molar-refractivity contribution in [1.29, 1.82) is 0 Å². The fourth-order valence-corrected chi connectivity index (χ4v) is 2.81. The molecule has 0 saturated heterocycles. The third-order valence-corrected chi connectivity index (χ3v) is 4.26. The molecule has 26 heavy (non-hydrogen) atoms. The highest BCUT2D eigenvalue weighted by Gasteiger charge is 2.10. The van der Waals surface area contributed by atoms with Crippen LogP contribution in [0.4, 0.5) is 10.8 Å². The maximum atomic E-state index is 12.2. The van der Waals surface area contributed by atoms with Gasteiger partial charge in [0.15, 0.2) is 11.7 Å². The van der Waals surface area contributed by atoms with E-state index in [1.807, 2.05) is 0 Å². The van der Waals surface area contributed by atoms with E-state index >= 15 is 0 Å². The van der Waals surface area contributed by atoms with Crippen LogP contribution in [0.25, 0.3) is 0 Å². The van der Waals surface area contributed by atoms with Crippen LogP contribution >= 0.6 is 22.9 Å². The van der Waals surface area contributed by atoms with Crippen molar-refractivity contribution in [3.8, 4) is 5.75 Å². The minimum atomic E-state index is -0.359. The van der Waals surface area contributed by atoms with Crippen molar-refractivity contribution in [2.24, 2.45) is 0 Å². The van der Waals surface area contributed by atoms with Gasteiger partial charge in [0, 0.05) is 22.8 Å². The van der Waals surface area contributed by atoms with Crippen LogP contribution in [0.2, 0.25) is 5.02 Å². The van der Waals surface area contributed by atoms with Gasteiger partial charge < -0.3 is 10.1 Å². The zero-order valence-corrected chi connectivity index (χ0v) is 15.0. The number of hydrogen-bond acceptors (Lipinski definition) is 5. The number of ether oxygens (including phenoxy) is 1. The first-order valence-electron chi connectivity index (χ1n) is 7.60. The van der Waals surface area contributed by atoms with Gasteiger partial charge in [0.2, 0.25) is 0 Å². The number of carbonyl (C=O) groups is 2. The minimum absolute atomic E-state index is 0.195. The van der Waals surface area contributed by atoms with E-state index in [-0.39, 0.29) is 18.4 Å². The van der Waals surface area contributed by atoms with Gasteiger partial charge in [-0.25, -0.2) is 4.98 Å². The van der Waals surface area contributed by atoms with Crippen molar-refractivity contribution >= 4 is 45.6 Å². The van der Waals surface area contributed by atoms with E-state index in [0.29, 0.717) is 27.2 Å². The zero-order valence-electron chi connectivity index (χ0n) is 13.4. The van der Waals surface area contributed by atoms with Crippen LogP contribution in [0, 0.1) is 0 Å². The fraction of sp³-hybridized carbons (Fsp3) is 0.0556. The van der Waals surface area contributed by atoms with Gasteiger partial charge in [-0.1, -0.05) is 29.8 Å². The smallest absolute Gasteiger partial charge is 0.262 e. The van der Waals surface area contributed by atoms with Crippen molar-refractivity contribution in [2.45, 2.75) is 0 Å². The van der Waals surface area contributed by atoms with Gasteiger partial charge in [-0.3, -0.25) is 14.9 Å². The first kappa shape index (κ1) is 17.9. The van der Waals surface area contributed by atoms with Gasteiger partial charge >= 0.3 is 0 Å². The fourth-order valence-electron chi connectivity index (χ4n) is 2.09. The number of nitrogens with one attached hydrogen (secondary N) is 2. The van der Waals surface area contributed by atoms with E-state index in [9.17, 15) is 9.59 Å². The highest BCUT2D eigenvalue weighted by atomic mass is 35.5. The molecular weight excluding hydrogens is 374 g/mol. The number of nitrogens with zero attached hydrogens (tertiary/aromatic N) is 1. The molecule has 0 radical (unpaired) electrons. The average molecular weight is 388 g/mol. The van der Waals surface area contributed by atoms with Crippen molar-refractivity contribution < 1.29 is 14.3 Å². The summed E-state index contributed by atoms with van der Waals surface area (Å²) >= 11 is 7.30. The third kappa shape index (κ3) is 4.81. The number of hydrogen-bond donors (Lipinski definition) is 2. The molecule has 1 heterocycles. The standard InChI is InChI=1S/C18H14ClN3O3S/c19-14-6-1-2-7-15(14)25-11-16(23)21-13-5-3-4-12(10-13)17(24)22-18-20-8-9-26-18/h1-10H,11H2,(H,21,23)(H,20,22,24). The Kier molecular flexibility index (Phi) is 5.83. The Morgan fingerprint density at radius 3 is 2.73 bits per heavy atom. The molecule has 2 amide bonds. The number of benzene rings is 2. The Bertz CT molecular complexity index is 916. The largest absolute Gasteiger partial charge is 0.482 e. The lowest BCUT2D eigenvalue weighted by Crippen LogP contribution is -2.20. The van der Waals surface area contributed by atoms with Crippen molar-refractivity contribution in [3.05, 3.63) is 70.7 Å². The maximum Gasteiger partial charge on any atom is 0.262 e. The Labute approximate surface area is 158 Å². The first-order chi connectivity index (χ1) is 12.6. The van der Waals surface area contributed by atoms with Crippen LogP contribution in [-0.2, 0) is 4.79 Å². The monoisotopic (exact) mass is 387 g/mol. The van der Waals surface area contributed by atoms with E-state index < -0.39 is 0 Å². The molecule has 1 aromatic heterocycles. The summed E-state index contributed by atoms with van der Waals surface area (Å²) in [7, 11) is 0. The lowest BCUT2D eigenvalue weighted by molar-refractivity contribution is -0.118. The zero-order chi connectivity index (χ0) is 18.4. The first-order valence-corrected chi connectivity index (χ1v) is 8.85. The maximum absolute atomic E-state index is 12.2. The normalized spacial score (nSPS) is 10.2. The Balaban J connectivity index is 1.58. The quantitative estimate of drug-likeness (QED) is 0.668. The van der Waals surface area contributed by atoms with Crippen LogP contribution < -0.4 is 15.4 Å². The molecule has 0 atom stereocenters. The molecule has 0 aliphatic carbocycles. The number of amides is 2. The second-order valence-corrected chi connectivity index (χ2v) is 6.44. The molecule has 132 valence electrons. The molecule has 0 fully saturated rings. The number of rotatable bonds is 6. The van der Waals surface area contributed by atoms with E-state index in [0.717, 1.165) is 0 Å². The highest BCUT2D eigenvalue weighted by molar-refractivity contribution is 7.13. The predicted molar refractivity (Wildman–Crippen MR) is 102 cm³/mol. The summed E-state index contributed by atoms with van der Waals surface area (Å²) in [5.74, 6) is -0.230. The lowest BCUT2D eigenvalue weighted by Gasteiger charge is -2.09. The molecule has 0 aliphatic heterocycles. The number of anilines is 2. The number of para-hydroxylation sites is 1. The summed E-state index contributed by atoms with van der Waals surface area (Å²) < 4.78 is 5.39. The van der Waals surface area contributed by atoms with Gasteiger partial charge in [0.05, 0.1) is 5.02 Å². The van der Waals surface area contributed by atoms with E-state index in [4.69, 9.17) is 16.3 Å². The van der Waals surface area contributed by atoms with Crippen molar-refractivity contribution in [2.75, 3.05) is 17.2 Å². The summed E-state index contributed by atoms with van der Waals surface area (Å²) in [6.45, 7) is -0.195. The Hall–Kier alpha value is -2.90. The lowest BCUT2D eigenvalue weighted by atomic mass is 10.2. The van der Waals surface area contributed by atoms with E-state index in [2.05, 4.69) is 15.6 Å². The van der Waals surface area contributed by atoms with Gasteiger partial charge in [0.1, 0.15) is 5.75 Å². The molecule has 6 nitrogen and oxygen atoms in total. The summed E-state index contributed by atoms with van der Waals surface area (Å²) in [6.07, 6.45) is 1.61. The average Bonchev–Trinajstić information content (AvgIpc) is 3.14. The van der Waals surface area contributed by atoms with Crippen LogP contribution in [0.15, 0.2) is 60.1 Å². The predicted octanol–water partition coefficient (Wildman–Crippen LogP) is 4.07. The number of thiazole rings is 1. The van der Waals surface area contributed by atoms with Gasteiger partial charge in [-0.15, -0.1) is 11.3 Å². The minimum Gasteiger partial charge on any atom is -0.482 e. The molecule has 0 aliphatic rings. The van der Waals surface area contributed by atoms with Gasteiger partial charge in [0.25, 0.3) is 11.8 Å². The van der Waals surface area contributed by atoms with Crippen molar-refractivity contribution in [1.82, 2.24) is 4.98 Å². The summed E-state index contributed by atoms with van der Waals surface area (Å²) in [4.78, 5) is 28.3. The van der Waals surface area contributed by atoms with Crippen molar-refractivity contribution in [3.63, 3.8) is 0 Å². The van der Waals surface area contributed by atoms with Crippen LogP contribution in [0.3, 0.4) is 0 Å². The molecule has 0 unspecified atom stereocenters. The summed E-state index contributed by atoms with van der Waals surface area (Å²) in [5, 5.41) is 8.09. The molecule has 8 heteroatoms. The van der Waals surface area contributed by atoms with Crippen LogP contribution in [-0.4, -0.2) is 23.4 Å². The third-order valence-electron chi connectivity index (χ3n) is 3.26. The highest BCUT2D eigenvalue weighted by Crippen LogP contribution is 2.23. The molecular formula is C18H14ClN3O3S. The Morgan fingerprint density at radius 1 is 1.12 bits per heavy atom. The van der Waals surface area contributed by atoms with Crippen LogP contribution in [0.5, 0.6) is 5.75 Å². The SMILES string of the molecule is O=C(COc1ccccc1Cl)Nc1cccc(C(=O)Nc2nccs2)c1. The molecule has 0 bridgehead atoms. The summed E-state index contributed by atoms with van der Waals surface area (Å²) in [6, 6.07) is 13.5. The number of halogens is 1. The van der Waals surface area contributed by atoms with Gasteiger partial charge in [-0.05, 0) is 30.3 Å². The second kappa shape index (κ2) is 8.46. The number of aromatic nitrogens is 1. The molecule has 3 aromatic rings. The molecule has 2 aromatic carbocycles. The molecule has 2 N–H and O–H groups in total. The molecule has 3 rings (SSSR count). The van der Waals surface area contributed by atoms with Crippen LogP contribution in [0.1, 0.15) is 10.4 Å². The van der Waals surface area contributed by atoms with E-state index in [1.165, 1.54) is 11.3 Å². The van der Waals surface area contributed by atoms with Gasteiger partial charge in [-0.2, -0.15) is 0 Å². The Morgan fingerprint density at radius 2 is 1.96 bits per heavy atom. The molecule has 0 spiro atoms. The second-order valence-electron chi connectivity index (χ2n) is 5.14. The molecule has 0 saturated carbocycles. The summed E-state index contributed by atoms with van der Waals surface area (Å²) in [5.41, 5.74) is 0.898.